The number of ether oxygens (including phenoxy) is 1. The van der Waals surface area contributed by atoms with Gasteiger partial charge in [0, 0.05) is 11.5 Å². The third-order valence-electron chi connectivity index (χ3n) is 3.37. The van der Waals surface area contributed by atoms with E-state index >= 15 is 0 Å². The molecule has 1 fully saturated rings. The standard InChI is InChI=1S/C15H18F3NO4S2/c16-15(17,18)10-24-13-6-2-1-5-12(13)19-14(20)9-25(21,22)8-11-4-3-7-23-11/h1-2,5-6,11H,3-4,7-10H2,(H,19,20). The Morgan fingerprint density at radius 1 is 1.32 bits per heavy atom. The minimum Gasteiger partial charge on any atom is -0.377 e. The number of halogens is 3. The maximum absolute atomic E-state index is 12.4. The van der Waals surface area contributed by atoms with Gasteiger partial charge in [0.25, 0.3) is 0 Å². The zero-order valence-corrected chi connectivity index (χ0v) is 14.8. The molecule has 1 aliphatic heterocycles. The molecule has 1 saturated heterocycles. The predicted octanol–water partition coefficient (Wildman–Crippen LogP) is 2.87. The Morgan fingerprint density at radius 2 is 2.04 bits per heavy atom. The van der Waals surface area contributed by atoms with Crippen molar-refractivity contribution in [1.29, 1.82) is 0 Å². The third kappa shape index (κ3) is 7.25. The molecule has 2 rings (SSSR count). The minimum absolute atomic E-state index is 0.161. The Hall–Kier alpha value is -1.26. The predicted molar refractivity (Wildman–Crippen MR) is 89.5 cm³/mol. The Labute approximate surface area is 148 Å². The molecular formula is C15H18F3NO4S2. The third-order valence-corrected chi connectivity index (χ3v) is 6.09. The molecule has 0 aromatic heterocycles. The molecule has 25 heavy (non-hydrogen) atoms. The van der Waals surface area contributed by atoms with E-state index in [1.165, 1.54) is 12.1 Å². The highest BCUT2D eigenvalue weighted by Gasteiger charge is 2.28. The molecular weight excluding hydrogens is 379 g/mol. The number of alkyl halides is 3. The summed E-state index contributed by atoms with van der Waals surface area (Å²) in [6, 6.07) is 5.97. The number of anilines is 1. The van der Waals surface area contributed by atoms with Gasteiger partial charge in [-0.1, -0.05) is 12.1 Å². The van der Waals surface area contributed by atoms with Gasteiger partial charge < -0.3 is 10.1 Å². The smallest absolute Gasteiger partial charge is 0.377 e. The van der Waals surface area contributed by atoms with Crippen LogP contribution >= 0.6 is 11.8 Å². The topological polar surface area (TPSA) is 72.5 Å². The van der Waals surface area contributed by atoms with Gasteiger partial charge in [-0.05, 0) is 25.0 Å². The highest BCUT2D eigenvalue weighted by Crippen LogP contribution is 2.32. The van der Waals surface area contributed by atoms with Gasteiger partial charge in [0.2, 0.25) is 5.91 Å². The summed E-state index contributed by atoms with van der Waals surface area (Å²) < 4.78 is 66.4. The fourth-order valence-electron chi connectivity index (χ4n) is 2.36. The molecule has 1 atom stereocenters. The largest absolute Gasteiger partial charge is 0.398 e. The number of para-hydroxylation sites is 1. The first kappa shape index (κ1) is 20.1. The van der Waals surface area contributed by atoms with E-state index in [1.54, 1.807) is 12.1 Å². The van der Waals surface area contributed by atoms with Crippen LogP contribution in [-0.4, -0.2) is 50.5 Å². The van der Waals surface area contributed by atoms with Crippen LogP contribution in [0.5, 0.6) is 0 Å². The Kier molecular flexibility index (Phi) is 6.75. The molecule has 1 heterocycles. The summed E-state index contributed by atoms with van der Waals surface area (Å²) in [5.41, 5.74) is 0.161. The van der Waals surface area contributed by atoms with E-state index < -0.39 is 39.5 Å². The lowest BCUT2D eigenvalue weighted by atomic mass is 10.3. The van der Waals surface area contributed by atoms with E-state index in [2.05, 4.69) is 5.32 Å². The van der Waals surface area contributed by atoms with Gasteiger partial charge in [-0.2, -0.15) is 13.2 Å². The number of benzene rings is 1. The van der Waals surface area contributed by atoms with Crippen LogP contribution in [0.2, 0.25) is 0 Å². The quantitative estimate of drug-likeness (QED) is 0.717. The first-order valence-electron chi connectivity index (χ1n) is 7.55. The average molecular weight is 397 g/mol. The molecule has 0 saturated carbocycles. The average Bonchev–Trinajstić information content (AvgIpc) is 2.96. The molecule has 0 radical (unpaired) electrons. The van der Waals surface area contributed by atoms with Crippen molar-refractivity contribution < 1.29 is 31.1 Å². The molecule has 1 unspecified atom stereocenters. The monoisotopic (exact) mass is 397 g/mol. The van der Waals surface area contributed by atoms with Gasteiger partial charge in [-0.25, -0.2) is 8.42 Å². The second kappa shape index (κ2) is 8.41. The van der Waals surface area contributed by atoms with Gasteiger partial charge >= 0.3 is 6.18 Å². The molecule has 1 amide bonds. The lowest BCUT2D eigenvalue weighted by Crippen LogP contribution is -2.29. The van der Waals surface area contributed by atoms with Crippen LogP contribution in [0.1, 0.15) is 12.8 Å². The van der Waals surface area contributed by atoms with Gasteiger partial charge in [0.1, 0.15) is 5.75 Å². The van der Waals surface area contributed by atoms with E-state index in [1.807, 2.05) is 0 Å². The number of nitrogens with one attached hydrogen (secondary N) is 1. The maximum Gasteiger partial charge on any atom is 0.398 e. The second-order valence-electron chi connectivity index (χ2n) is 5.64. The summed E-state index contributed by atoms with van der Waals surface area (Å²) in [6.45, 7) is 0.510. The highest BCUT2D eigenvalue weighted by atomic mass is 32.2. The van der Waals surface area contributed by atoms with Crippen LogP contribution in [0.25, 0.3) is 0 Å². The van der Waals surface area contributed by atoms with Crippen LogP contribution in [0.15, 0.2) is 29.2 Å². The number of amides is 1. The van der Waals surface area contributed by atoms with Crippen molar-refractivity contribution in [1.82, 2.24) is 0 Å². The summed E-state index contributed by atoms with van der Waals surface area (Å²) in [4.78, 5) is 12.2. The van der Waals surface area contributed by atoms with E-state index in [4.69, 9.17) is 4.74 Å². The van der Waals surface area contributed by atoms with Gasteiger partial charge in [-0.3, -0.25) is 4.79 Å². The number of rotatable bonds is 7. The molecule has 1 aromatic carbocycles. The number of hydrogen-bond acceptors (Lipinski definition) is 5. The van der Waals surface area contributed by atoms with E-state index in [0.29, 0.717) is 24.8 Å². The Morgan fingerprint density at radius 3 is 2.68 bits per heavy atom. The SMILES string of the molecule is O=C(CS(=O)(=O)CC1CCCO1)Nc1ccccc1SCC(F)(F)F. The van der Waals surface area contributed by atoms with Crippen molar-refractivity contribution in [2.24, 2.45) is 0 Å². The Bertz CT molecular complexity index is 701. The van der Waals surface area contributed by atoms with Crippen LogP contribution in [0, 0.1) is 0 Å². The van der Waals surface area contributed by atoms with E-state index in [-0.39, 0.29) is 16.3 Å². The summed E-state index contributed by atoms with van der Waals surface area (Å²) >= 11 is 0.531. The molecule has 5 nitrogen and oxygen atoms in total. The van der Waals surface area contributed by atoms with Crippen molar-refractivity contribution in [3.05, 3.63) is 24.3 Å². The summed E-state index contributed by atoms with van der Waals surface area (Å²) in [5.74, 6) is -2.84. The molecule has 1 N–H and O–H groups in total. The fourth-order valence-corrected chi connectivity index (χ4v) is 4.55. The molecule has 10 heteroatoms. The summed E-state index contributed by atoms with van der Waals surface area (Å²) in [5, 5.41) is 2.38. The van der Waals surface area contributed by atoms with Crippen molar-refractivity contribution in [3.8, 4) is 0 Å². The van der Waals surface area contributed by atoms with E-state index in [0.717, 1.165) is 6.42 Å². The summed E-state index contributed by atoms with van der Waals surface area (Å²) in [6.07, 6.45) is -3.31. The van der Waals surface area contributed by atoms with Crippen molar-refractivity contribution in [2.45, 2.75) is 30.0 Å². The zero-order valence-electron chi connectivity index (χ0n) is 13.2. The van der Waals surface area contributed by atoms with Crippen LogP contribution in [0.4, 0.5) is 18.9 Å². The summed E-state index contributed by atoms with van der Waals surface area (Å²) in [7, 11) is -3.66. The van der Waals surface area contributed by atoms with Crippen molar-refractivity contribution in [3.63, 3.8) is 0 Å². The molecule has 1 aliphatic rings. The maximum atomic E-state index is 12.4. The van der Waals surface area contributed by atoms with E-state index in [9.17, 15) is 26.4 Å². The number of thioether (sulfide) groups is 1. The van der Waals surface area contributed by atoms with Gasteiger partial charge in [0.15, 0.2) is 9.84 Å². The molecule has 0 bridgehead atoms. The van der Waals surface area contributed by atoms with Gasteiger partial charge in [0.05, 0.1) is 23.3 Å². The minimum atomic E-state index is -4.34. The van der Waals surface area contributed by atoms with Crippen molar-refractivity contribution in [2.75, 3.05) is 29.2 Å². The van der Waals surface area contributed by atoms with Crippen molar-refractivity contribution >= 4 is 33.2 Å². The second-order valence-corrected chi connectivity index (χ2v) is 8.76. The van der Waals surface area contributed by atoms with Crippen LogP contribution < -0.4 is 5.32 Å². The first-order valence-corrected chi connectivity index (χ1v) is 10.4. The lowest BCUT2D eigenvalue weighted by molar-refractivity contribution is -0.114. The normalized spacial score (nSPS) is 18.3. The lowest BCUT2D eigenvalue weighted by Gasteiger charge is -2.13. The number of hydrogen-bond donors (Lipinski definition) is 1. The van der Waals surface area contributed by atoms with Gasteiger partial charge in [-0.15, -0.1) is 11.8 Å². The molecule has 0 aliphatic carbocycles. The number of sulfone groups is 1. The highest BCUT2D eigenvalue weighted by molar-refractivity contribution is 7.99. The molecule has 140 valence electrons. The Balaban J connectivity index is 1.95. The zero-order chi connectivity index (χ0) is 18.5. The molecule has 0 spiro atoms. The number of carbonyl (C=O) groups is 1. The number of carbonyl (C=O) groups excluding carboxylic acids is 1. The first-order chi connectivity index (χ1) is 11.6. The van der Waals surface area contributed by atoms with Crippen LogP contribution in [-0.2, 0) is 19.4 Å². The fraction of sp³-hybridized carbons (Fsp3) is 0.533. The van der Waals surface area contributed by atoms with Crippen LogP contribution in [0.3, 0.4) is 0 Å². The molecule has 1 aromatic rings.